The first kappa shape index (κ1) is 16.4. The molecule has 1 aromatic rings. The van der Waals surface area contributed by atoms with Crippen LogP contribution in [0.1, 0.15) is 57.2 Å². The highest BCUT2D eigenvalue weighted by Gasteiger charge is 2.22. The summed E-state index contributed by atoms with van der Waals surface area (Å²) in [6.07, 6.45) is 7.85. The summed E-state index contributed by atoms with van der Waals surface area (Å²) >= 11 is 1.66. The van der Waals surface area contributed by atoms with E-state index in [1.807, 2.05) is 6.92 Å². The quantitative estimate of drug-likeness (QED) is 0.454. The number of aromatic nitrogens is 2. The standard InChI is InChI=1S/C15H24N2O3S/c1-2-20-14(19)8-5-9-21-15-16-10-13(11-18)17(15)12-6-3-4-7-12/h10,12,18H,2-9,11H2,1H3. The number of nitrogens with zero attached hydrogens (tertiary/aromatic N) is 2. The molecule has 2 rings (SSSR count). The SMILES string of the molecule is CCOC(=O)CCCSc1ncc(CO)n1C1CCCC1. The lowest BCUT2D eigenvalue weighted by molar-refractivity contribution is -0.143. The van der Waals surface area contributed by atoms with E-state index >= 15 is 0 Å². The Kier molecular flexibility index (Phi) is 6.57. The molecular formula is C15H24N2O3S. The monoisotopic (exact) mass is 312 g/mol. The van der Waals surface area contributed by atoms with Crippen molar-refractivity contribution >= 4 is 17.7 Å². The molecule has 0 unspecified atom stereocenters. The van der Waals surface area contributed by atoms with Crippen molar-refractivity contribution in [3.05, 3.63) is 11.9 Å². The van der Waals surface area contributed by atoms with Gasteiger partial charge in [0.1, 0.15) is 0 Å². The maximum absolute atomic E-state index is 11.3. The van der Waals surface area contributed by atoms with E-state index in [9.17, 15) is 9.90 Å². The number of esters is 1. The number of aliphatic hydroxyl groups excluding tert-OH is 1. The normalized spacial score (nSPS) is 15.5. The molecule has 0 radical (unpaired) electrons. The predicted molar refractivity (Wildman–Crippen MR) is 82.2 cm³/mol. The smallest absolute Gasteiger partial charge is 0.305 e. The minimum Gasteiger partial charge on any atom is -0.466 e. The van der Waals surface area contributed by atoms with Gasteiger partial charge in [-0.05, 0) is 26.2 Å². The Labute approximate surface area is 130 Å². The molecule has 0 atom stereocenters. The molecule has 5 nitrogen and oxygen atoms in total. The van der Waals surface area contributed by atoms with E-state index in [-0.39, 0.29) is 12.6 Å². The summed E-state index contributed by atoms with van der Waals surface area (Å²) in [6.45, 7) is 2.30. The molecule has 118 valence electrons. The Morgan fingerprint density at radius 3 is 2.95 bits per heavy atom. The number of thioether (sulfide) groups is 1. The van der Waals surface area contributed by atoms with Gasteiger partial charge in [0.25, 0.3) is 0 Å². The molecule has 0 spiro atoms. The highest BCUT2D eigenvalue weighted by molar-refractivity contribution is 7.99. The third-order valence-corrected chi connectivity index (χ3v) is 4.81. The van der Waals surface area contributed by atoms with Gasteiger partial charge in [-0.25, -0.2) is 4.98 Å². The van der Waals surface area contributed by atoms with E-state index in [2.05, 4.69) is 9.55 Å². The molecule has 6 heteroatoms. The molecule has 0 amide bonds. The van der Waals surface area contributed by atoms with E-state index in [4.69, 9.17) is 4.74 Å². The van der Waals surface area contributed by atoms with Crippen molar-refractivity contribution < 1.29 is 14.6 Å². The highest BCUT2D eigenvalue weighted by atomic mass is 32.2. The lowest BCUT2D eigenvalue weighted by Gasteiger charge is -2.17. The molecule has 0 bridgehead atoms. The molecule has 0 aromatic carbocycles. The Bertz CT molecular complexity index is 456. The Morgan fingerprint density at radius 2 is 2.29 bits per heavy atom. The summed E-state index contributed by atoms with van der Waals surface area (Å²) in [6, 6.07) is 0.474. The molecule has 0 aliphatic heterocycles. The molecule has 1 N–H and O–H groups in total. The van der Waals surface area contributed by atoms with Crippen molar-refractivity contribution in [3.8, 4) is 0 Å². The van der Waals surface area contributed by atoms with Gasteiger partial charge in [0, 0.05) is 18.2 Å². The second-order valence-electron chi connectivity index (χ2n) is 5.26. The number of imidazole rings is 1. The number of carbonyl (C=O) groups excluding carboxylic acids is 1. The predicted octanol–water partition coefficient (Wildman–Crippen LogP) is 2.93. The molecule has 1 aromatic heterocycles. The average Bonchev–Trinajstić information content (AvgIpc) is 3.12. The van der Waals surface area contributed by atoms with Crippen molar-refractivity contribution in [2.75, 3.05) is 12.4 Å². The van der Waals surface area contributed by atoms with Crippen LogP contribution in [0.5, 0.6) is 0 Å². The lowest BCUT2D eigenvalue weighted by atomic mass is 10.2. The van der Waals surface area contributed by atoms with Crippen LogP contribution in [0.3, 0.4) is 0 Å². The van der Waals surface area contributed by atoms with Crippen LogP contribution in [-0.2, 0) is 16.1 Å². The van der Waals surface area contributed by atoms with Crippen LogP contribution in [0.25, 0.3) is 0 Å². The first-order valence-corrected chi connectivity index (χ1v) is 8.70. The fourth-order valence-corrected chi connectivity index (χ4v) is 3.77. The van der Waals surface area contributed by atoms with Gasteiger partial charge in [-0.1, -0.05) is 24.6 Å². The van der Waals surface area contributed by atoms with E-state index in [0.29, 0.717) is 19.1 Å². The van der Waals surface area contributed by atoms with Crippen LogP contribution in [0.15, 0.2) is 11.4 Å². The molecule has 1 aliphatic rings. The van der Waals surface area contributed by atoms with Gasteiger partial charge in [0.05, 0.1) is 25.1 Å². The lowest BCUT2D eigenvalue weighted by Crippen LogP contribution is -2.10. The summed E-state index contributed by atoms with van der Waals surface area (Å²) < 4.78 is 7.12. The van der Waals surface area contributed by atoms with Gasteiger partial charge in [-0.2, -0.15) is 0 Å². The second-order valence-corrected chi connectivity index (χ2v) is 6.32. The Morgan fingerprint density at radius 1 is 1.52 bits per heavy atom. The molecule has 1 fully saturated rings. The van der Waals surface area contributed by atoms with E-state index < -0.39 is 0 Å². The van der Waals surface area contributed by atoms with E-state index in [0.717, 1.165) is 23.0 Å². The van der Waals surface area contributed by atoms with Crippen LogP contribution < -0.4 is 0 Å². The Hall–Kier alpha value is -1.01. The van der Waals surface area contributed by atoms with Gasteiger partial charge in [0.15, 0.2) is 5.16 Å². The van der Waals surface area contributed by atoms with Crippen LogP contribution >= 0.6 is 11.8 Å². The largest absolute Gasteiger partial charge is 0.466 e. The Balaban J connectivity index is 1.88. The minimum atomic E-state index is -0.131. The second kappa shape index (κ2) is 8.44. The maximum Gasteiger partial charge on any atom is 0.305 e. The van der Waals surface area contributed by atoms with Crippen LogP contribution in [0.2, 0.25) is 0 Å². The van der Waals surface area contributed by atoms with Crippen LogP contribution in [0, 0.1) is 0 Å². The van der Waals surface area contributed by atoms with Gasteiger partial charge < -0.3 is 14.4 Å². The number of rotatable bonds is 8. The topological polar surface area (TPSA) is 64.3 Å². The van der Waals surface area contributed by atoms with Crippen LogP contribution in [0.4, 0.5) is 0 Å². The molecular weight excluding hydrogens is 288 g/mol. The number of carbonyl (C=O) groups is 1. The summed E-state index contributed by atoms with van der Waals surface area (Å²) in [5.41, 5.74) is 0.898. The van der Waals surface area contributed by atoms with Crippen molar-refractivity contribution in [1.82, 2.24) is 9.55 Å². The zero-order valence-electron chi connectivity index (χ0n) is 12.6. The number of hydrogen-bond acceptors (Lipinski definition) is 5. The number of aliphatic hydroxyl groups is 1. The number of hydrogen-bond donors (Lipinski definition) is 1. The first-order chi connectivity index (χ1) is 10.3. The minimum absolute atomic E-state index is 0.0346. The van der Waals surface area contributed by atoms with Gasteiger partial charge >= 0.3 is 5.97 Å². The molecule has 1 aliphatic carbocycles. The zero-order chi connectivity index (χ0) is 15.1. The first-order valence-electron chi connectivity index (χ1n) is 7.71. The summed E-state index contributed by atoms with van der Waals surface area (Å²) in [4.78, 5) is 15.7. The highest BCUT2D eigenvalue weighted by Crippen LogP contribution is 2.34. The van der Waals surface area contributed by atoms with Crippen molar-refractivity contribution in [2.24, 2.45) is 0 Å². The fraction of sp³-hybridized carbons (Fsp3) is 0.733. The van der Waals surface area contributed by atoms with Crippen LogP contribution in [-0.4, -0.2) is 33.0 Å². The molecule has 1 heterocycles. The summed E-state index contributed by atoms with van der Waals surface area (Å²) in [5, 5.41) is 10.4. The van der Waals surface area contributed by atoms with E-state index in [1.165, 1.54) is 25.7 Å². The average molecular weight is 312 g/mol. The van der Waals surface area contributed by atoms with Gasteiger partial charge in [-0.3, -0.25) is 4.79 Å². The van der Waals surface area contributed by atoms with Gasteiger partial charge in [0.2, 0.25) is 0 Å². The zero-order valence-corrected chi connectivity index (χ0v) is 13.4. The third-order valence-electron chi connectivity index (χ3n) is 3.75. The van der Waals surface area contributed by atoms with Crippen molar-refractivity contribution in [3.63, 3.8) is 0 Å². The third kappa shape index (κ3) is 4.48. The van der Waals surface area contributed by atoms with Gasteiger partial charge in [-0.15, -0.1) is 0 Å². The summed E-state index contributed by atoms with van der Waals surface area (Å²) in [7, 11) is 0. The van der Waals surface area contributed by atoms with Crippen molar-refractivity contribution in [2.45, 2.75) is 63.3 Å². The molecule has 0 saturated heterocycles. The fourth-order valence-electron chi connectivity index (χ4n) is 2.77. The molecule has 1 saturated carbocycles. The summed E-state index contributed by atoms with van der Waals surface area (Å²) in [5.74, 6) is 0.709. The van der Waals surface area contributed by atoms with E-state index in [1.54, 1.807) is 18.0 Å². The van der Waals surface area contributed by atoms with Crippen molar-refractivity contribution in [1.29, 1.82) is 0 Å². The number of ether oxygens (including phenoxy) is 1. The molecule has 21 heavy (non-hydrogen) atoms. The maximum atomic E-state index is 11.3.